The van der Waals surface area contributed by atoms with E-state index < -0.39 is 49.1 Å². The van der Waals surface area contributed by atoms with Gasteiger partial charge in [0.1, 0.15) is 0 Å². The average molecular weight is 293 g/mol. The lowest BCUT2D eigenvalue weighted by Gasteiger charge is -2.32. The van der Waals surface area contributed by atoms with Crippen molar-refractivity contribution in [1.29, 1.82) is 0 Å². The highest BCUT2D eigenvalue weighted by Gasteiger charge is 2.52. The first-order chi connectivity index (χ1) is 13.1. The normalized spacial score (nSPS) is 26.0. The van der Waals surface area contributed by atoms with Crippen molar-refractivity contribution in [2.24, 2.45) is 0 Å². The topological polar surface area (TPSA) is 49.2 Å². The van der Waals surface area contributed by atoms with Crippen molar-refractivity contribution in [3.8, 4) is 5.69 Å². The third kappa shape index (κ3) is 2.49. The Morgan fingerprint density at radius 3 is 2.57 bits per heavy atom. The number of nitrogens with zero attached hydrogens (tertiary/aromatic N) is 3. The molecule has 0 amide bonds. The molecule has 1 fully saturated rings. The molecule has 2 aromatic heterocycles. The van der Waals surface area contributed by atoms with Crippen LogP contribution in [0, 0.1) is 6.85 Å². The Morgan fingerprint density at radius 2 is 1.90 bits per heavy atom. The second-order valence-corrected chi connectivity index (χ2v) is 5.81. The van der Waals surface area contributed by atoms with Crippen LogP contribution in [0.4, 0.5) is 0 Å². The quantitative estimate of drug-likeness (QED) is 0.793. The van der Waals surface area contributed by atoms with Crippen molar-refractivity contribution in [2.45, 2.75) is 45.7 Å². The van der Waals surface area contributed by atoms with Gasteiger partial charge in [0.15, 0.2) is 0 Å². The molecule has 1 aliphatic rings. The maximum absolute atomic E-state index is 8.42. The van der Waals surface area contributed by atoms with Gasteiger partial charge in [0.25, 0.3) is 0 Å². The summed E-state index contributed by atoms with van der Waals surface area (Å²) in [4.78, 5) is 3.63. The Labute approximate surface area is 136 Å². The third-order valence-corrected chi connectivity index (χ3v) is 3.77. The lowest BCUT2D eigenvalue weighted by Crippen LogP contribution is -2.41. The van der Waals surface area contributed by atoms with Crippen LogP contribution in [-0.4, -0.2) is 33.1 Å². The molecule has 5 nitrogen and oxygen atoms in total. The summed E-state index contributed by atoms with van der Waals surface area (Å²) in [5.74, 6) is 0. The molecule has 6 heteroatoms. The predicted octanol–water partition coefficient (Wildman–Crippen LogP) is 1.87. The number of rotatable bonds is 2. The van der Waals surface area contributed by atoms with Gasteiger partial charge in [-0.2, -0.15) is 5.10 Å². The van der Waals surface area contributed by atoms with Crippen molar-refractivity contribution in [3.05, 3.63) is 36.3 Å². The molecule has 0 aliphatic carbocycles. The molecule has 0 aromatic carbocycles. The van der Waals surface area contributed by atoms with Gasteiger partial charge in [0.2, 0.25) is 0 Å². The first-order valence-electron chi connectivity index (χ1n) is 10.5. The molecule has 110 valence electrons. The van der Waals surface area contributed by atoms with Gasteiger partial charge in [-0.1, -0.05) is 0 Å². The van der Waals surface area contributed by atoms with E-state index in [1.165, 1.54) is 0 Å². The van der Waals surface area contributed by atoms with E-state index in [4.69, 9.17) is 20.3 Å². The molecule has 3 heterocycles. The van der Waals surface area contributed by atoms with Crippen LogP contribution in [0.5, 0.6) is 0 Å². The van der Waals surface area contributed by atoms with Crippen molar-refractivity contribution >= 4 is 12.6 Å². The molecule has 1 saturated heterocycles. The SMILES string of the molecule is [2H]c1nn(-c2c([2H])nc(C([2H])([2H])[2H])c([2H])c2[2H])c([2H])c1B1OC(C)(C)C(C)(C)O1. The van der Waals surface area contributed by atoms with Gasteiger partial charge in [-0.25, -0.2) is 4.68 Å². The molecule has 0 radical (unpaired) electrons. The van der Waals surface area contributed by atoms with E-state index in [2.05, 4.69) is 10.1 Å². The van der Waals surface area contributed by atoms with Crippen LogP contribution in [0.2, 0.25) is 0 Å². The fraction of sp³-hybridized carbons (Fsp3) is 0.467. The molecule has 0 spiro atoms. The summed E-state index contributed by atoms with van der Waals surface area (Å²) in [7, 11) is -1.05. The second kappa shape index (κ2) is 4.68. The fourth-order valence-corrected chi connectivity index (χ4v) is 1.82. The summed E-state index contributed by atoms with van der Waals surface area (Å²) >= 11 is 0. The minimum atomic E-state index is -2.76. The van der Waals surface area contributed by atoms with Crippen molar-refractivity contribution in [2.75, 3.05) is 0 Å². The van der Waals surface area contributed by atoms with Crippen LogP contribution in [0.1, 0.15) is 44.4 Å². The zero-order valence-corrected chi connectivity index (χ0v) is 12.2. The monoisotopic (exact) mass is 293 g/mol. The molecule has 2 aromatic rings. The molecule has 0 saturated carbocycles. The summed E-state index contributed by atoms with van der Waals surface area (Å²) in [5, 5.41) is 3.91. The Bertz CT molecular complexity index is 973. The van der Waals surface area contributed by atoms with Crippen LogP contribution in [-0.2, 0) is 9.31 Å². The summed E-state index contributed by atoms with van der Waals surface area (Å²) < 4.78 is 75.5. The van der Waals surface area contributed by atoms with E-state index in [0.717, 1.165) is 4.68 Å². The first-order valence-corrected chi connectivity index (χ1v) is 6.49. The summed E-state index contributed by atoms with van der Waals surface area (Å²) in [6, 6.07) is -1.30. The van der Waals surface area contributed by atoms with Gasteiger partial charge in [-0.3, -0.25) is 4.98 Å². The molecule has 21 heavy (non-hydrogen) atoms. The second-order valence-electron chi connectivity index (χ2n) is 5.81. The number of aryl methyl sites for hydroxylation is 1. The number of hydrogen-bond donors (Lipinski definition) is 0. The van der Waals surface area contributed by atoms with E-state index >= 15 is 0 Å². The molecule has 0 bridgehead atoms. The van der Waals surface area contributed by atoms with Gasteiger partial charge in [0.05, 0.1) is 29.9 Å². The molecular weight excluding hydrogens is 265 g/mol. The van der Waals surface area contributed by atoms with E-state index in [-0.39, 0.29) is 23.5 Å². The van der Waals surface area contributed by atoms with Crippen molar-refractivity contribution in [1.82, 2.24) is 14.8 Å². The number of hydrogen-bond acceptors (Lipinski definition) is 4. The first kappa shape index (κ1) is 7.56. The van der Waals surface area contributed by atoms with E-state index in [0.29, 0.717) is 0 Å². The molecule has 0 unspecified atom stereocenters. The van der Waals surface area contributed by atoms with E-state index in [9.17, 15) is 0 Å². The lowest BCUT2D eigenvalue weighted by molar-refractivity contribution is 0.00578. The Kier molecular flexibility index (Phi) is 1.68. The van der Waals surface area contributed by atoms with Crippen LogP contribution >= 0.6 is 0 Å². The van der Waals surface area contributed by atoms with Crippen molar-refractivity contribution in [3.63, 3.8) is 0 Å². The highest BCUT2D eigenvalue weighted by Crippen LogP contribution is 2.36. The predicted molar refractivity (Wildman–Crippen MR) is 81.8 cm³/mol. The van der Waals surface area contributed by atoms with Gasteiger partial charge in [0, 0.05) is 27.6 Å². The smallest absolute Gasteiger partial charge is 0.399 e. The van der Waals surface area contributed by atoms with Gasteiger partial charge >= 0.3 is 7.12 Å². The highest BCUT2D eigenvalue weighted by molar-refractivity contribution is 6.62. The minimum Gasteiger partial charge on any atom is -0.399 e. The van der Waals surface area contributed by atoms with Crippen LogP contribution in [0.25, 0.3) is 5.69 Å². The van der Waals surface area contributed by atoms with E-state index in [1.54, 1.807) is 0 Å². The number of aromatic nitrogens is 3. The number of pyridine rings is 1. The fourth-order valence-electron chi connectivity index (χ4n) is 1.82. The lowest BCUT2D eigenvalue weighted by atomic mass is 9.82. The van der Waals surface area contributed by atoms with Gasteiger partial charge in [-0.05, 0) is 46.6 Å². The Hall–Kier alpha value is -1.66. The molecule has 0 atom stereocenters. The third-order valence-electron chi connectivity index (χ3n) is 3.77. The Balaban J connectivity index is 2.15. The van der Waals surface area contributed by atoms with Gasteiger partial charge < -0.3 is 9.31 Å². The van der Waals surface area contributed by atoms with Crippen LogP contribution < -0.4 is 5.46 Å². The molecular formula is C15H20BN3O2. The van der Waals surface area contributed by atoms with E-state index in [1.807, 2.05) is 27.7 Å². The van der Waals surface area contributed by atoms with Crippen LogP contribution in [0.3, 0.4) is 0 Å². The van der Waals surface area contributed by atoms with Crippen LogP contribution in [0.15, 0.2) is 30.6 Å². The highest BCUT2D eigenvalue weighted by atomic mass is 16.7. The minimum absolute atomic E-state index is 0.00822. The van der Waals surface area contributed by atoms with Gasteiger partial charge in [-0.15, -0.1) is 0 Å². The maximum atomic E-state index is 8.42. The summed E-state index contributed by atoms with van der Waals surface area (Å²) in [6.45, 7) is 4.51. The van der Waals surface area contributed by atoms with Crippen molar-refractivity contribution < 1.29 is 20.3 Å². The zero-order valence-electron chi connectivity index (χ0n) is 20.2. The summed E-state index contributed by atoms with van der Waals surface area (Å²) in [5.41, 5.74) is -2.45. The molecule has 1 aliphatic heterocycles. The summed E-state index contributed by atoms with van der Waals surface area (Å²) in [6.07, 6.45) is -1.34. The molecule has 0 N–H and O–H groups in total. The zero-order chi connectivity index (χ0) is 22.1. The maximum Gasteiger partial charge on any atom is 0.498 e. The Morgan fingerprint density at radius 1 is 1.19 bits per heavy atom. The largest absolute Gasteiger partial charge is 0.498 e. The average Bonchev–Trinajstić information content (AvgIpc) is 2.94. The molecule has 3 rings (SSSR count). The standard InChI is InChI=1S/C15H20BN3O2/c1-11-6-7-13(9-17-11)19-10-12(8-18-19)16-20-14(2,3)15(4,5)21-16/h6-10H,1-5H3/i1D3,6D,7D,8D,9D,10D.